The first-order valence-electron chi connectivity index (χ1n) is 0.783. The molecular formula is H7ClK3O4P. The van der Waals surface area contributed by atoms with Crippen molar-refractivity contribution >= 4 is 20.2 Å². The topological polar surface area (TPSA) is 77.8 Å². The standard InChI is InChI=1S/ClH.3K.H3O4P.3H/c;;;;1-5(2,3)4;;;/h1H;;;;(H3,1,2,3,4);;;/q;3*+1;;3*-1. The summed E-state index contributed by atoms with van der Waals surface area (Å²) in [6.07, 6.45) is 0. The van der Waals surface area contributed by atoms with Crippen LogP contribution in [0.5, 0.6) is 0 Å². The van der Waals surface area contributed by atoms with Crippen LogP contribution in [0, 0.1) is 0 Å². The molecule has 0 radical (unpaired) electrons. The van der Waals surface area contributed by atoms with Gasteiger partial charge in [-0.15, -0.1) is 12.4 Å². The zero-order valence-corrected chi connectivity index (χ0v) is 16.7. The summed E-state index contributed by atoms with van der Waals surface area (Å²) in [5, 5.41) is 0. The fourth-order valence-electron chi connectivity index (χ4n) is 0. The molecule has 9 heteroatoms. The van der Waals surface area contributed by atoms with Crippen LogP contribution < -0.4 is 154 Å². The van der Waals surface area contributed by atoms with Crippen LogP contribution in [0.15, 0.2) is 0 Å². The molecule has 0 saturated heterocycles. The molecule has 0 bridgehead atoms. The summed E-state index contributed by atoms with van der Waals surface area (Å²) < 4.78 is 8.88. The molecule has 0 heterocycles. The maximum absolute atomic E-state index is 8.88. The molecule has 0 aromatic rings. The maximum atomic E-state index is 8.88. The second kappa shape index (κ2) is 15.8. The summed E-state index contributed by atoms with van der Waals surface area (Å²) in [4.78, 5) is 21.6. The van der Waals surface area contributed by atoms with Crippen LogP contribution in [-0.4, -0.2) is 14.7 Å². The minimum absolute atomic E-state index is 0. The Balaban J connectivity index is -0.00000000381. The Labute approximate surface area is 192 Å². The summed E-state index contributed by atoms with van der Waals surface area (Å²) >= 11 is 0. The van der Waals surface area contributed by atoms with Gasteiger partial charge in [-0.05, 0) is 0 Å². The average molecular weight is 255 g/mol. The largest absolute Gasteiger partial charge is 1.00 e. The number of halogens is 1. The summed E-state index contributed by atoms with van der Waals surface area (Å²) in [7, 11) is -4.64. The first-order chi connectivity index (χ1) is 2.00. The van der Waals surface area contributed by atoms with Crippen LogP contribution in [0.25, 0.3) is 0 Å². The Morgan fingerprint density at radius 2 is 1.00 bits per heavy atom. The van der Waals surface area contributed by atoms with Crippen LogP contribution in [-0.2, 0) is 4.57 Å². The van der Waals surface area contributed by atoms with Gasteiger partial charge in [0, 0.05) is 0 Å². The number of rotatable bonds is 0. The van der Waals surface area contributed by atoms with E-state index in [4.69, 9.17) is 19.2 Å². The van der Waals surface area contributed by atoms with Gasteiger partial charge in [-0.3, -0.25) is 0 Å². The van der Waals surface area contributed by atoms with Gasteiger partial charge in [0.1, 0.15) is 0 Å². The molecule has 46 valence electrons. The average Bonchev–Trinajstić information content (AvgIpc) is 0.722. The Kier molecular flexibility index (Phi) is 51.2. The number of hydrogen-bond donors (Lipinski definition) is 3. The van der Waals surface area contributed by atoms with Crippen LogP contribution in [0.2, 0.25) is 0 Å². The van der Waals surface area contributed by atoms with Crippen LogP contribution in [0.4, 0.5) is 0 Å². The van der Waals surface area contributed by atoms with Crippen molar-refractivity contribution in [3.63, 3.8) is 0 Å². The fourth-order valence-corrected chi connectivity index (χ4v) is 0. The normalized spacial score (nSPS) is 6.56. The molecule has 3 N–H and O–H groups in total. The van der Waals surface area contributed by atoms with E-state index in [1.54, 1.807) is 0 Å². The summed E-state index contributed by atoms with van der Waals surface area (Å²) in [5.41, 5.74) is 0. The molecule has 0 atom stereocenters. The second-order valence-corrected chi connectivity index (χ2v) is 1.54. The van der Waals surface area contributed by atoms with Gasteiger partial charge in [-0.25, -0.2) is 4.57 Å². The molecular weight excluding hydrogens is 248 g/mol. The Hall–Kier alpha value is 5.31. The molecule has 0 aromatic carbocycles. The minimum Gasteiger partial charge on any atom is -1.00 e. The van der Waals surface area contributed by atoms with Crippen molar-refractivity contribution in [1.82, 2.24) is 0 Å². The van der Waals surface area contributed by atoms with Crippen LogP contribution in [0.3, 0.4) is 0 Å². The molecule has 0 spiro atoms. The third-order valence-electron chi connectivity index (χ3n) is 0. The molecule has 0 fully saturated rings. The van der Waals surface area contributed by atoms with E-state index in [2.05, 4.69) is 0 Å². The Morgan fingerprint density at radius 3 is 1.00 bits per heavy atom. The summed E-state index contributed by atoms with van der Waals surface area (Å²) in [5.74, 6) is 0. The van der Waals surface area contributed by atoms with Crippen LogP contribution in [0.1, 0.15) is 4.28 Å². The van der Waals surface area contributed by atoms with E-state index >= 15 is 0 Å². The smallest absolute Gasteiger partial charge is 1.00 e. The van der Waals surface area contributed by atoms with E-state index in [-0.39, 0.29) is 171 Å². The van der Waals surface area contributed by atoms with Crippen molar-refractivity contribution in [2.45, 2.75) is 0 Å². The molecule has 0 amide bonds. The van der Waals surface area contributed by atoms with Gasteiger partial charge >= 0.3 is 162 Å². The second-order valence-electron chi connectivity index (χ2n) is 0.513. The molecule has 4 nitrogen and oxygen atoms in total. The van der Waals surface area contributed by atoms with Gasteiger partial charge in [0.25, 0.3) is 0 Å². The monoisotopic (exact) mass is 254 g/mol. The zero-order valence-electron chi connectivity index (χ0n) is 8.61. The number of phosphoric acid groups is 1. The molecule has 9 heavy (non-hydrogen) atoms. The maximum Gasteiger partial charge on any atom is 1.00 e. The SMILES string of the molecule is Cl.O=P(O)(O)O.[H-].[H-].[H-].[K+].[K+].[K+]. The molecule has 0 unspecified atom stereocenters. The van der Waals surface area contributed by atoms with E-state index in [1.165, 1.54) is 0 Å². The molecule has 0 aliphatic heterocycles. The number of hydrogen-bond acceptors (Lipinski definition) is 1. The van der Waals surface area contributed by atoms with Crippen molar-refractivity contribution in [2.75, 3.05) is 0 Å². The summed E-state index contributed by atoms with van der Waals surface area (Å²) in [6, 6.07) is 0. The third-order valence-corrected chi connectivity index (χ3v) is 0. The molecule has 0 aromatic heterocycles. The van der Waals surface area contributed by atoms with Crippen molar-refractivity contribution in [1.29, 1.82) is 0 Å². The van der Waals surface area contributed by atoms with E-state index in [0.29, 0.717) is 0 Å². The first kappa shape index (κ1) is 29.2. The zero-order chi connectivity index (χ0) is 4.50. The van der Waals surface area contributed by atoms with Crippen molar-refractivity contribution < 1.29 is 178 Å². The molecule has 0 aliphatic carbocycles. The predicted molar refractivity (Wildman–Crippen MR) is 24.8 cm³/mol. The molecule has 0 rings (SSSR count). The van der Waals surface area contributed by atoms with Gasteiger partial charge in [0.05, 0.1) is 0 Å². The molecule has 0 saturated carbocycles. The van der Waals surface area contributed by atoms with Gasteiger partial charge in [0.15, 0.2) is 0 Å². The first-order valence-corrected chi connectivity index (χ1v) is 2.35. The van der Waals surface area contributed by atoms with Crippen molar-refractivity contribution in [3.8, 4) is 0 Å². The van der Waals surface area contributed by atoms with Crippen molar-refractivity contribution in [3.05, 3.63) is 0 Å². The minimum atomic E-state index is -4.64. The fraction of sp³-hybridized carbons (Fsp3) is 0. The quantitative estimate of drug-likeness (QED) is 0.296. The van der Waals surface area contributed by atoms with Crippen molar-refractivity contribution in [2.24, 2.45) is 0 Å². The summed E-state index contributed by atoms with van der Waals surface area (Å²) in [6.45, 7) is 0. The van der Waals surface area contributed by atoms with Gasteiger partial charge < -0.3 is 19.0 Å². The van der Waals surface area contributed by atoms with Gasteiger partial charge in [-0.1, -0.05) is 0 Å². The van der Waals surface area contributed by atoms with E-state index < -0.39 is 7.82 Å². The third kappa shape index (κ3) is 60.4. The Morgan fingerprint density at radius 1 is 1.00 bits per heavy atom. The van der Waals surface area contributed by atoms with Gasteiger partial charge in [0.2, 0.25) is 0 Å². The predicted octanol–water partition coefficient (Wildman–Crippen LogP) is -9.16. The van der Waals surface area contributed by atoms with E-state index in [1.807, 2.05) is 0 Å². The van der Waals surface area contributed by atoms with Crippen LogP contribution >= 0.6 is 20.2 Å². The van der Waals surface area contributed by atoms with E-state index in [9.17, 15) is 0 Å². The van der Waals surface area contributed by atoms with E-state index in [0.717, 1.165) is 0 Å². The van der Waals surface area contributed by atoms with Gasteiger partial charge in [-0.2, -0.15) is 0 Å². The molecule has 0 aliphatic rings. The Bertz CT molecular complexity index is 71.7.